The van der Waals surface area contributed by atoms with Gasteiger partial charge in [-0.25, -0.2) is 0 Å². The molecule has 2 aliphatic rings. The molecule has 0 radical (unpaired) electrons. The lowest BCUT2D eigenvalue weighted by Gasteiger charge is -2.50. The minimum Gasteiger partial charge on any atom is -0.332 e. The topological polar surface area (TPSA) is 78.5 Å². The lowest BCUT2D eigenvalue weighted by atomic mass is 9.71. The highest BCUT2D eigenvalue weighted by atomic mass is 16.2. The van der Waals surface area contributed by atoms with Gasteiger partial charge in [0.1, 0.15) is 0 Å². The van der Waals surface area contributed by atoms with Gasteiger partial charge in [0.15, 0.2) is 0 Å². The Hall–Kier alpha value is -3.15. The van der Waals surface area contributed by atoms with Crippen molar-refractivity contribution in [1.82, 2.24) is 4.90 Å². The number of benzene rings is 2. The molecule has 1 atom stereocenters. The molecule has 1 spiro atoms. The molecular weight excluding hydrogens is 402 g/mol. The molecule has 4 rings (SSSR count). The zero-order chi connectivity index (χ0) is 22.7. The fourth-order valence-corrected chi connectivity index (χ4v) is 5.40. The average molecular weight is 434 g/mol. The first-order valence-electron chi connectivity index (χ1n) is 11.6. The van der Waals surface area contributed by atoms with Crippen LogP contribution in [-0.4, -0.2) is 34.7 Å². The SMILES string of the molecule is CCCCN1C(=O)c2ccccc2[C@@H](C(=O)Nc2cccc(NC(C)=O)c2)C12CCCC2. The highest BCUT2D eigenvalue weighted by molar-refractivity contribution is 6.05. The van der Waals surface area contributed by atoms with E-state index >= 15 is 0 Å². The van der Waals surface area contributed by atoms with Gasteiger partial charge in [0, 0.05) is 30.4 Å². The Labute approximate surface area is 189 Å². The van der Waals surface area contributed by atoms with Crippen molar-refractivity contribution in [3.05, 3.63) is 59.7 Å². The molecule has 3 amide bonds. The summed E-state index contributed by atoms with van der Waals surface area (Å²) in [4.78, 5) is 40.7. The number of nitrogens with zero attached hydrogens (tertiary/aromatic N) is 1. The molecule has 1 aliphatic heterocycles. The van der Waals surface area contributed by atoms with E-state index in [1.165, 1.54) is 6.92 Å². The summed E-state index contributed by atoms with van der Waals surface area (Å²) in [5.41, 5.74) is 2.23. The van der Waals surface area contributed by atoms with Crippen LogP contribution in [0.3, 0.4) is 0 Å². The van der Waals surface area contributed by atoms with Gasteiger partial charge in [0.05, 0.1) is 11.5 Å². The zero-order valence-electron chi connectivity index (χ0n) is 18.8. The number of rotatable bonds is 6. The molecule has 168 valence electrons. The second kappa shape index (κ2) is 9.15. The van der Waals surface area contributed by atoms with Gasteiger partial charge in [-0.15, -0.1) is 0 Å². The fraction of sp³-hybridized carbons (Fsp3) is 0.423. The maximum atomic E-state index is 13.8. The van der Waals surface area contributed by atoms with Crippen LogP contribution in [0.25, 0.3) is 0 Å². The quantitative estimate of drug-likeness (QED) is 0.678. The summed E-state index contributed by atoms with van der Waals surface area (Å²) >= 11 is 0. The molecule has 0 aromatic heterocycles. The van der Waals surface area contributed by atoms with Gasteiger partial charge in [-0.3, -0.25) is 14.4 Å². The number of amides is 3. The first kappa shape index (κ1) is 22.1. The van der Waals surface area contributed by atoms with Crippen molar-refractivity contribution in [2.45, 2.75) is 63.8 Å². The molecule has 2 N–H and O–H groups in total. The molecule has 6 nitrogen and oxygen atoms in total. The zero-order valence-corrected chi connectivity index (χ0v) is 18.8. The van der Waals surface area contributed by atoms with Gasteiger partial charge in [-0.2, -0.15) is 0 Å². The molecule has 0 bridgehead atoms. The van der Waals surface area contributed by atoms with Crippen LogP contribution in [0.1, 0.15) is 74.2 Å². The first-order chi connectivity index (χ1) is 15.5. The normalized spacial score (nSPS) is 19.0. The maximum Gasteiger partial charge on any atom is 0.254 e. The molecule has 32 heavy (non-hydrogen) atoms. The molecule has 1 saturated carbocycles. The van der Waals surface area contributed by atoms with Crippen LogP contribution in [0.5, 0.6) is 0 Å². The van der Waals surface area contributed by atoms with Crippen molar-refractivity contribution in [1.29, 1.82) is 0 Å². The number of hydrogen-bond acceptors (Lipinski definition) is 3. The summed E-state index contributed by atoms with van der Waals surface area (Å²) in [5, 5.41) is 5.84. The monoisotopic (exact) mass is 433 g/mol. The predicted octanol–water partition coefficient (Wildman–Crippen LogP) is 4.94. The van der Waals surface area contributed by atoms with E-state index in [1.807, 2.05) is 35.2 Å². The maximum absolute atomic E-state index is 13.8. The van der Waals surface area contributed by atoms with Gasteiger partial charge in [0.25, 0.3) is 5.91 Å². The lowest BCUT2D eigenvalue weighted by molar-refractivity contribution is -0.121. The second-order valence-corrected chi connectivity index (χ2v) is 8.89. The van der Waals surface area contributed by atoms with Crippen LogP contribution < -0.4 is 10.6 Å². The summed E-state index contributed by atoms with van der Waals surface area (Å²) < 4.78 is 0. The van der Waals surface area contributed by atoms with Crippen molar-refractivity contribution >= 4 is 29.1 Å². The van der Waals surface area contributed by atoms with Crippen molar-refractivity contribution in [3.8, 4) is 0 Å². The first-order valence-corrected chi connectivity index (χ1v) is 11.6. The number of anilines is 2. The van der Waals surface area contributed by atoms with Gasteiger partial charge in [-0.05, 0) is 49.1 Å². The molecule has 1 fully saturated rings. The third-order valence-corrected chi connectivity index (χ3v) is 6.74. The summed E-state index contributed by atoms with van der Waals surface area (Å²) in [7, 11) is 0. The number of fused-ring (bicyclic) bond motifs is 1. The molecule has 6 heteroatoms. The van der Waals surface area contributed by atoms with Crippen molar-refractivity contribution in [3.63, 3.8) is 0 Å². The smallest absolute Gasteiger partial charge is 0.254 e. The second-order valence-electron chi connectivity index (χ2n) is 8.89. The van der Waals surface area contributed by atoms with E-state index in [0.717, 1.165) is 44.1 Å². The number of carbonyl (C=O) groups is 3. The summed E-state index contributed by atoms with van der Waals surface area (Å²) in [6.07, 6.45) is 5.61. The number of carbonyl (C=O) groups excluding carboxylic acids is 3. The van der Waals surface area contributed by atoms with Crippen molar-refractivity contribution in [2.24, 2.45) is 0 Å². The van der Waals surface area contributed by atoms with Crippen LogP contribution in [-0.2, 0) is 9.59 Å². The molecule has 2 aromatic carbocycles. The van der Waals surface area contributed by atoms with Crippen LogP contribution in [0.15, 0.2) is 48.5 Å². The highest BCUT2D eigenvalue weighted by Gasteiger charge is 2.55. The Morgan fingerprint density at radius 3 is 2.41 bits per heavy atom. The standard InChI is InChI=1S/C26H31N3O3/c1-3-4-16-29-25(32)22-13-6-5-12-21(22)23(26(29)14-7-8-15-26)24(31)28-20-11-9-10-19(17-20)27-18(2)30/h5-6,9-13,17,23H,3-4,7-8,14-16H2,1-2H3,(H,27,30)(H,28,31)/t23-/m0/s1. The molecule has 2 aromatic rings. The lowest BCUT2D eigenvalue weighted by Crippen LogP contribution is -2.60. The van der Waals surface area contributed by atoms with E-state index < -0.39 is 11.5 Å². The average Bonchev–Trinajstić information content (AvgIpc) is 3.23. The minimum absolute atomic E-state index is 0.0488. The molecule has 1 aliphatic carbocycles. The number of nitrogens with one attached hydrogen (secondary N) is 2. The van der Waals surface area contributed by atoms with Crippen LogP contribution in [0.2, 0.25) is 0 Å². The minimum atomic E-state index is -0.486. The van der Waals surface area contributed by atoms with E-state index in [0.29, 0.717) is 23.5 Å². The highest BCUT2D eigenvalue weighted by Crippen LogP contribution is 2.50. The Morgan fingerprint density at radius 1 is 1.03 bits per heavy atom. The Bertz CT molecular complexity index is 1030. The summed E-state index contributed by atoms with van der Waals surface area (Å²) in [5.74, 6) is -0.647. The van der Waals surface area contributed by atoms with Crippen molar-refractivity contribution in [2.75, 3.05) is 17.2 Å². The van der Waals surface area contributed by atoms with Crippen LogP contribution >= 0.6 is 0 Å². The van der Waals surface area contributed by atoms with E-state index in [9.17, 15) is 14.4 Å². The van der Waals surface area contributed by atoms with Gasteiger partial charge < -0.3 is 15.5 Å². The van der Waals surface area contributed by atoms with Gasteiger partial charge >= 0.3 is 0 Å². The number of hydrogen-bond donors (Lipinski definition) is 2. The van der Waals surface area contributed by atoms with Crippen molar-refractivity contribution < 1.29 is 14.4 Å². The van der Waals surface area contributed by atoms with E-state index in [4.69, 9.17) is 0 Å². The van der Waals surface area contributed by atoms with Crippen LogP contribution in [0, 0.1) is 0 Å². The summed E-state index contributed by atoms with van der Waals surface area (Å²) in [6.45, 7) is 4.25. The molecule has 0 unspecified atom stereocenters. The summed E-state index contributed by atoms with van der Waals surface area (Å²) in [6, 6.07) is 14.7. The Morgan fingerprint density at radius 2 is 1.72 bits per heavy atom. The predicted molar refractivity (Wildman–Crippen MR) is 126 cm³/mol. The molecule has 0 saturated heterocycles. The Kier molecular flexibility index (Phi) is 6.31. The largest absolute Gasteiger partial charge is 0.332 e. The third kappa shape index (κ3) is 4.01. The van der Waals surface area contributed by atoms with Gasteiger partial charge in [-0.1, -0.05) is 50.5 Å². The van der Waals surface area contributed by atoms with Crippen LogP contribution in [0.4, 0.5) is 11.4 Å². The fourth-order valence-electron chi connectivity index (χ4n) is 5.40. The van der Waals surface area contributed by atoms with E-state index in [2.05, 4.69) is 17.6 Å². The van der Waals surface area contributed by atoms with E-state index in [-0.39, 0.29) is 17.7 Å². The molecule has 1 heterocycles. The van der Waals surface area contributed by atoms with E-state index in [1.54, 1.807) is 18.2 Å². The van der Waals surface area contributed by atoms with Gasteiger partial charge in [0.2, 0.25) is 11.8 Å². The Balaban J connectivity index is 1.73. The molecular formula is C26H31N3O3. The third-order valence-electron chi connectivity index (χ3n) is 6.74. The number of unbranched alkanes of at least 4 members (excludes halogenated alkanes) is 1.